The van der Waals surface area contributed by atoms with Crippen molar-refractivity contribution in [1.82, 2.24) is 4.72 Å². The fourth-order valence-electron chi connectivity index (χ4n) is 1.47. The van der Waals surface area contributed by atoms with Gasteiger partial charge in [0.1, 0.15) is 4.21 Å². The van der Waals surface area contributed by atoms with E-state index in [1.54, 1.807) is 12.1 Å². The first-order valence-corrected chi connectivity index (χ1v) is 9.13. The number of hydrogen-bond donors (Lipinski definition) is 1. The topological polar surface area (TPSA) is 46.2 Å². The highest BCUT2D eigenvalue weighted by Gasteiger charge is 2.29. The van der Waals surface area contributed by atoms with Gasteiger partial charge in [-0.1, -0.05) is 20.8 Å². The van der Waals surface area contributed by atoms with Gasteiger partial charge < -0.3 is 0 Å². The molecule has 0 saturated heterocycles. The molecular formula is C11H17BrClNO2S2. The number of nitrogens with one attached hydrogen (secondary N) is 1. The van der Waals surface area contributed by atoms with Crippen LogP contribution in [0, 0.1) is 5.41 Å². The summed E-state index contributed by atoms with van der Waals surface area (Å²) in [5, 5.41) is 0. The van der Waals surface area contributed by atoms with Gasteiger partial charge in [-0.25, -0.2) is 13.1 Å². The molecule has 7 heteroatoms. The monoisotopic (exact) mass is 373 g/mol. The van der Waals surface area contributed by atoms with Crippen molar-refractivity contribution in [3.8, 4) is 0 Å². The molecule has 18 heavy (non-hydrogen) atoms. The highest BCUT2D eigenvalue weighted by atomic mass is 79.9. The van der Waals surface area contributed by atoms with Crippen molar-refractivity contribution in [1.29, 1.82) is 0 Å². The van der Waals surface area contributed by atoms with Crippen molar-refractivity contribution in [3.05, 3.63) is 15.9 Å². The predicted molar refractivity (Wildman–Crippen MR) is 80.9 cm³/mol. The lowest BCUT2D eigenvalue weighted by molar-refractivity contribution is 0.293. The van der Waals surface area contributed by atoms with E-state index in [2.05, 4.69) is 20.7 Å². The molecule has 0 aliphatic heterocycles. The molecule has 1 aromatic heterocycles. The van der Waals surface area contributed by atoms with Crippen molar-refractivity contribution >= 4 is 48.9 Å². The number of sulfonamides is 1. The minimum absolute atomic E-state index is 0.170. The molecule has 0 fully saturated rings. The SMILES string of the molecule is CC(C)(C)C(CCCl)NS(=O)(=O)c1ccc(Br)s1. The van der Waals surface area contributed by atoms with E-state index < -0.39 is 10.0 Å². The molecule has 1 atom stereocenters. The fourth-order valence-corrected chi connectivity index (χ4v) is 5.19. The van der Waals surface area contributed by atoms with E-state index in [-0.39, 0.29) is 11.5 Å². The average molecular weight is 375 g/mol. The van der Waals surface area contributed by atoms with E-state index in [1.807, 2.05) is 20.8 Å². The van der Waals surface area contributed by atoms with E-state index in [0.717, 1.165) is 3.79 Å². The molecule has 1 unspecified atom stereocenters. The molecule has 3 nitrogen and oxygen atoms in total. The lowest BCUT2D eigenvalue weighted by atomic mass is 9.86. The molecule has 0 bridgehead atoms. The molecule has 0 radical (unpaired) electrons. The maximum absolute atomic E-state index is 12.2. The average Bonchev–Trinajstić information content (AvgIpc) is 2.63. The van der Waals surface area contributed by atoms with Gasteiger partial charge in [0, 0.05) is 11.9 Å². The van der Waals surface area contributed by atoms with Gasteiger partial charge in [0.05, 0.1) is 3.79 Å². The second kappa shape index (κ2) is 6.22. The standard InChI is InChI=1S/C11H17BrClNO2S2/c1-11(2,3)8(6-7-13)14-18(15,16)10-5-4-9(12)17-10/h4-5,8,14H,6-7H2,1-3H3. The van der Waals surface area contributed by atoms with Crippen molar-refractivity contribution in [2.75, 3.05) is 5.88 Å². The summed E-state index contributed by atoms with van der Waals surface area (Å²) in [5.74, 6) is 0.429. The van der Waals surface area contributed by atoms with Gasteiger partial charge in [-0.2, -0.15) is 0 Å². The van der Waals surface area contributed by atoms with Crippen LogP contribution in [-0.2, 0) is 10.0 Å². The van der Waals surface area contributed by atoms with Crippen LogP contribution in [-0.4, -0.2) is 20.3 Å². The summed E-state index contributed by atoms with van der Waals surface area (Å²) in [5.41, 5.74) is -0.170. The number of alkyl halides is 1. The summed E-state index contributed by atoms with van der Waals surface area (Å²) in [7, 11) is -3.46. The predicted octanol–water partition coefficient (Wildman–Crippen LogP) is 3.83. The summed E-state index contributed by atoms with van der Waals surface area (Å²) in [6.07, 6.45) is 0.608. The van der Waals surface area contributed by atoms with Crippen LogP contribution in [0.15, 0.2) is 20.1 Å². The smallest absolute Gasteiger partial charge is 0.207 e. The highest BCUT2D eigenvalue weighted by Crippen LogP contribution is 2.28. The molecule has 104 valence electrons. The van der Waals surface area contributed by atoms with Crippen LogP contribution in [0.2, 0.25) is 0 Å². The Kier molecular flexibility index (Phi) is 5.68. The maximum Gasteiger partial charge on any atom is 0.250 e. The Morgan fingerprint density at radius 3 is 2.44 bits per heavy atom. The van der Waals surface area contributed by atoms with Crippen LogP contribution < -0.4 is 4.72 Å². The summed E-state index contributed by atoms with van der Waals surface area (Å²) in [6, 6.07) is 3.14. The lowest BCUT2D eigenvalue weighted by Crippen LogP contribution is -2.43. The first kappa shape index (κ1) is 16.4. The summed E-state index contributed by atoms with van der Waals surface area (Å²) < 4.78 is 28.3. The molecule has 0 amide bonds. The van der Waals surface area contributed by atoms with Crippen LogP contribution in [0.4, 0.5) is 0 Å². The largest absolute Gasteiger partial charge is 0.250 e. The summed E-state index contributed by atoms with van der Waals surface area (Å²) in [6.45, 7) is 5.99. The van der Waals surface area contributed by atoms with Crippen molar-refractivity contribution in [2.45, 2.75) is 37.4 Å². The zero-order chi connectivity index (χ0) is 14.0. The Hall–Kier alpha value is 0.380. The second-order valence-electron chi connectivity index (χ2n) is 5.08. The molecule has 1 heterocycles. The fraction of sp³-hybridized carbons (Fsp3) is 0.636. The molecule has 1 aromatic rings. The number of rotatable bonds is 5. The molecule has 0 aromatic carbocycles. The van der Waals surface area contributed by atoms with Crippen LogP contribution in [0.25, 0.3) is 0 Å². The molecule has 0 aliphatic carbocycles. The Balaban J connectivity index is 2.93. The van der Waals surface area contributed by atoms with Gasteiger partial charge in [0.15, 0.2) is 0 Å². The molecule has 0 aliphatic rings. The van der Waals surface area contributed by atoms with Crippen molar-refractivity contribution < 1.29 is 8.42 Å². The lowest BCUT2D eigenvalue weighted by Gasteiger charge is -2.30. The number of thiophene rings is 1. The first-order chi connectivity index (χ1) is 8.16. The Morgan fingerprint density at radius 2 is 2.06 bits per heavy atom. The Morgan fingerprint density at radius 1 is 1.44 bits per heavy atom. The van der Waals surface area contributed by atoms with E-state index in [9.17, 15) is 8.42 Å². The Labute approximate surface area is 126 Å². The molecule has 0 spiro atoms. The summed E-state index contributed by atoms with van der Waals surface area (Å²) >= 11 is 10.2. The molecule has 1 rings (SSSR count). The molecule has 0 saturated carbocycles. The minimum Gasteiger partial charge on any atom is -0.207 e. The third-order valence-corrected chi connectivity index (χ3v) is 6.36. The van der Waals surface area contributed by atoms with Crippen LogP contribution in [0.1, 0.15) is 27.2 Å². The normalized spacial score (nSPS) is 14.7. The van der Waals surface area contributed by atoms with E-state index in [4.69, 9.17) is 11.6 Å². The third kappa shape index (κ3) is 4.49. The Bertz CT molecular complexity index is 493. The zero-order valence-electron chi connectivity index (χ0n) is 10.5. The van der Waals surface area contributed by atoms with Crippen LogP contribution in [0.3, 0.4) is 0 Å². The van der Waals surface area contributed by atoms with Gasteiger partial charge >= 0.3 is 0 Å². The second-order valence-corrected chi connectivity index (χ2v) is 9.86. The molecule has 1 N–H and O–H groups in total. The van der Waals surface area contributed by atoms with Crippen LogP contribution in [0.5, 0.6) is 0 Å². The van der Waals surface area contributed by atoms with Gasteiger partial charge in [0.2, 0.25) is 10.0 Å². The maximum atomic E-state index is 12.2. The van der Waals surface area contributed by atoms with Gasteiger partial charge in [-0.15, -0.1) is 22.9 Å². The van der Waals surface area contributed by atoms with Gasteiger partial charge in [-0.05, 0) is 39.9 Å². The highest BCUT2D eigenvalue weighted by molar-refractivity contribution is 9.11. The van der Waals surface area contributed by atoms with E-state index in [0.29, 0.717) is 16.5 Å². The van der Waals surface area contributed by atoms with Crippen LogP contribution >= 0.6 is 38.9 Å². The molecular weight excluding hydrogens is 358 g/mol. The number of hydrogen-bond acceptors (Lipinski definition) is 3. The van der Waals surface area contributed by atoms with Crippen molar-refractivity contribution in [2.24, 2.45) is 5.41 Å². The van der Waals surface area contributed by atoms with Gasteiger partial charge in [-0.3, -0.25) is 0 Å². The van der Waals surface area contributed by atoms with E-state index in [1.165, 1.54) is 11.3 Å². The summed E-state index contributed by atoms with van der Waals surface area (Å²) in [4.78, 5) is 0. The number of halogens is 2. The quantitative estimate of drug-likeness (QED) is 0.796. The first-order valence-electron chi connectivity index (χ1n) is 5.50. The van der Waals surface area contributed by atoms with E-state index >= 15 is 0 Å². The van der Waals surface area contributed by atoms with Gasteiger partial charge in [0.25, 0.3) is 0 Å². The van der Waals surface area contributed by atoms with Crippen molar-refractivity contribution in [3.63, 3.8) is 0 Å². The third-order valence-electron chi connectivity index (χ3n) is 2.55. The minimum atomic E-state index is -3.46. The zero-order valence-corrected chi connectivity index (χ0v) is 14.5.